The summed E-state index contributed by atoms with van der Waals surface area (Å²) in [6.07, 6.45) is 0. The van der Waals surface area contributed by atoms with Gasteiger partial charge in [-0.3, -0.25) is 0 Å². The third-order valence-electron chi connectivity index (χ3n) is 9.82. The van der Waals surface area contributed by atoms with Gasteiger partial charge in [-0.1, -0.05) is 170 Å². The molecular formula is C50H35N. The standard InChI is InChI=1S/C50H35N/c1-3-14-36(15-4-1)43-33-44(37-16-5-2-6-17-37)35-46(34-43)51(50-27-13-21-40-19-8-10-25-49(40)50)45-30-28-38(29-31-45)41-22-11-23-42(32-41)48-26-12-20-39-18-7-9-24-47(39)48/h1-35H. The molecule has 0 heterocycles. The molecule has 0 spiro atoms. The van der Waals surface area contributed by atoms with Crippen molar-refractivity contribution in [3.05, 3.63) is 212 Å². The molecule has 9 aromatic carbocycles. The smallest absolute Gasteiger partial charge is 0.0540 e. The normalized spacial score (nSPS) is 11.1. The Morgan fingerprint density at radius 2 is 0.725 bits per heavy atom. The molecular weight excluding hydrogens is 615 g/mol. The zero-order chi connectivity index (χ0) is 34.0. The first-order valence-electron chi connectivity index (χ1n) is 17.5. The summed E-state index contributed by atoms with van der Waals surface area (Å²) >= 11 is 0. The van der Waals surface area contributed by atoms with E-state index in [2.05, 4.69) is 217 Å². The molecule has 0 saturated carbocycles. The third kappa shape index (κ3) is 5.96. The number of hydrogen-bond donors (Lipinski definition) is 0. The fourth-order valence-corrected chi connectivity index (χ4v) is 7.31. The summed E-state index contributed by atoms with van der Waals surface area (Å²) in [5.41, 5.74) is 12.9. The van der Waals surface area contributed by atoms with E-state index in [0.29, 0.717) is 0 Å². The quantitative estimate of drug-likeness (QED) is 0.166. The van der Waals surface area contributed by atoms with E-state index in [9.17, 15) is 0 Å². The topological polar surface area (TPSA) is 3.24 Å². The van der Waals surface area contributed by atoms with Gasteiger partial charge in [0.25, 0.3) is 0 Å². The van der Waals surface area contributed by atoms with Crippen LogP contribution in [0.5, 0.6) is 0 Å². The van der Waals surface area contributed by atoms with Crippen molar-refractivity contribution < 1.29 is 0 Å². The van der Waals surface area contributed by atoms with Gasteiger partial charge in [0, 0.05) is 16.8 Å². The maximum Gasteiger partial charge on any atom is 0.0540 e. The minimum atomic E-state index is 1.10. The first kappa shape index (κ1) is 30.4. The molecule has 0 bridgehead atoms. The SMILES string of the molecule is c1ccc(-c2cc(-c3ccccc3)cc(N(c3ccc(-c4cccc(-c5cccc6ccccc56)c4)cc3)c3cccc4ccccc34)c2)cc1. The van der Waals surface area contributed by atoms with Crippen molar-refractivity contribution >= 4 is 38.6 Å². The van der Waals surface area contributed by atoms with E-state index in [1.165, 1.54) is 66.1 Å². The summed E-state index contributed by atoms with van der Waals surface area (Å²) in [6, 6.07) is 76.7. The fraction of sp³-hybridized carbons (Fsp3) is 0. The van der Waals surface area contributed by atoms with Crippen LogP contribution in [0.2, 0.25) is 0 Å². The molecule has 51 heavy (non-hydrogen) atoms. The first-order valence-corrected chi connectivity index (χ1v) is 17.5. The lowest BCUT2D eigenvalue weighted by Crippen LogP contribution is -2.11. The van der Waals surface area contributed by atoms with E-state index in [1.807, 2.05) is 0 Å². The highest BCUT2D eigenvalue weighted by molar-refractivity contribution is 6.00. The third-order valence-corrected chi connectivity index (χ3v) is 9.82. The van der Waals surface area contributed by atoms with Crippen LogP contribution in [-0.4, -0.2) is 0 Å². The highest BCUT2D eigenvalue weighted by Gasteiger charge is 2.18. The van der Waals surface area contributed by atoms with Crippen molar-refractivity contribution in [2.24, 2.45) is 0 Å². The van der Waals surface area contributed by atoms with Crippen LogP contribution in [0.3, 0.4) is 0 Å². The second-order valence-corrected chi connectivity index (χ2v) is 13.0. The first-order chi connectivity index (χ1) is 25.3. The molecule has 1 nitrogen and oxygen atoms in total. The minimum absolute atomic E-state index is 1.10. The Morgan fingerprint density at radius 1 is 0.255 bits per heavy atom. The summed E-state index contributed by atoms with van der Waals surface area (Å²) in [5.74, 6) is 0. The van der Waals surface area contributed by atoms with E-state index in [1.54, 1.807) is 0 Å². The van der Waals surface area contributed by atoms with Crippen molar-refractivity contribution in [3.8, 4) is 44.5 Å². The van der Waals surface area contributed by atoms with Crippen LogP contribution >= 0.6 is 0 Å². The van der Waals surface area contributed by atoms with Crippen molar-refractivity contribution in [2.75, 3.05) is 4.90 Å². The lowest BCUT2D eigenvalue weighted by Gasteiger charge is -2.28. The van der Waals surface area contributed by atoms with Crippen molar-refractivity contribution in [1.82, 2.24) is 0 Å². The maximum atomic E-state index is 2.41. The molecule has 0 amide bonds. The van der Waals surface area contributed by atoms with Crippen LogP contribution in [0.15, 0.2) is 212 Å². The van der Waals surface area contributed by atoms with Crippen LogP contribution in [0, 0.1) is 0 Å². The number of fused-ring (bicyclic) bond motifs is 2. The molecule has 1 heteroatoms. The Hall–Kier alpha value is -6.70. The molecule has 0 aliphatic carbocycles. The van der Waals surface area contributed by atoms with Gasteiger partial charge in [-0.2, -0.15) is 0 Å². The molecule has 9 rings (SSSR count). The van der Waals surface area contributed by atoms with E-state index in [-0.39, 0.29) is 0 Å². The number of benzene rings is 9. The van der Waals surface area contributed by atoms with Crippen molar-refractivity contribution in [1.29, 1.82) is 0 Å². The van der Waals surface area contributed by atoms with Gasteiger partial charge < -0.3 is 4.90 Å². The summed E-state index contributed by atoms with van der Waals surface area (Å²) in [7, 11) is 0. The Kier molecular flexibility index (Phi) is 7.92. The number of hydrogen-bond acceptors (Lipinski definition) is 1. The Bertz CT molecular complexity index is 2550. The molecule has 0 aliphatic heterocycles. The molecule has 0 aliphatic rings. The van der Waals surface area contributed by atoms with Gasteiger partial charge >= 0.3 is 0 Å². The maximum absolute atomic E-state index is 2.41. The Morgan fingerprint density at radius 3 is 1.41 bits per heavy atom. The van der Waals surface area contributed by atoms with Crippen LogP contribution < -0.4 is 4.90 Å². The zero-order valence-electron chi connectivity index (χ0n) is 28.2. The van der Waals surface area contributed by atoms with E-state index >= 15 is 0 Å². The average Bonchev–Trinajstić information content (AvgIpc) is 3.22. The lowest BCUT2D eigenvalue weighted by molar-refractivity contribution is 1.30. The van der Waals surface area contributed by atoms with Crippen LogP contribution in [0.1, 0.15) is 0 Å². The predicted molar refractivity (Wildman–Crippen MR) is 218 cm³/mol. The largest absolute Gasteiger partial charge is 0.310 e. The predicted octanol–water partition coefficient (Wildman–Crippen LogP) is 14.1. The monoisotopic (exact) mass is 649 g/mol. The van der Waals surface area contributed by atoms with Gasteiger partial charge in [0.15, 0.2) is 0 Å². The molecule has 0 unspecified atom stereocenters. The molecule has 0 saturated heterocycles. The number of nitrogens with zero attached hydrogens (tertiary/aromatic N) is 1. The average molecular weight is 650 g/mol. The van der Waals surface area contributed by atoms with Gasteiger partial charge in [-0.25, -0.2) is 0 Å². The highest BCUT2D eigenvalue weighted by atomic mass is 15.1. The number of anilines is 3. The van der Waals surface area contributed by atoms with Crippen molar-refractivity contribution in [3.63, 3.8) is 0 Å². The van der Waals surface area contributed by atoms with E-state index in [0.717, 1.165) is 17.1 Å². The summed E-state index contributed by atoms with van der Waals surface area (Å²) < 4.78 is 0. The zero-order valence-corrected chi connectivity index (χ0v) is 28.2. The van der Waals surface area contributed by atoms with Gasteiger partial charge in [-0.05, 0) is 103 Å². The molecule has 0 radical (unpaired) electrons. The Labute approximate surface area is 299 Å². The van der Waals surface area contributed by atoms with Gasteiger partial charge in [0.05, 0.1) is 5.69 Å². The second kappa shape index (κ2) is 13.3. The number of rotatable bonds is 7. The molecule has 0 aromatic heterocycles. The molecule has 240 valence electrons. The Balaban J connectivity index is 1.19. The molecule has 0 N–H and O–H groups in total. The van der Waals surface area contributed by atoms with Crippen LogP contribution in [-0.2, 0) is 0 Å². The molecule has 0 fully saturated rings. The second-order valence-electron chi connectivity index (χ2n) is 13.0. The summed E-state index contributed by atoms with van der Waals surface area (Å²) in [6.45, 7) is 0. The van der Waals surface area contributed by atoms with E-state index in [4.69, 9.17) is 0 Å². The highest BCUT2D eigenvalue weighted by Crippen LogP contribution is 2.43. The summed E-state index contributed by atoms with van der Waals surface area (Å²) in [5, 5.41) is 4.94. The van der Waals surface area contributed by atoms with Crippen molar-refractivity contribution in [2.45, 2.75) is 0 Å². The van der Waals surface area contributed by atoms with Gasteiger partial charge in [-0.15, -0.1) is 0 Å². The molecule has 9 aromatic rings. The lowest BCUT2D eigenvalue weighted by atomic mass is 9.95. The van der Waals surface area contributed by atoms with Crippen LogP contribution in [0.25, 0.3) is 66.1 Å². The minimum Gasteiger partial charge on any atom is -0.310 e. The summed E-state index contributed by atoms with van der Waals surface area (Å²) in [4.78, 5) is 2.41. The van der Waals surface area contributed by atoms with Gasteiger partial charge in [0.2, 0.25) is 0 Å². The van der Waals surface area contributed by atoms with Gasteiger partial charge in [0.1, 0.15) is 0 Å². The van der Waals surface area contributed by atoms with Crippen LogP contribution in [0.4, 0.5) is 17.1 Å². The molecule has 0 atom stereocenters. The fourth-order valence-electron chi connectivity index (χ4n) is 7.31. The van der Waals surface area contributed by atoms with E-state index < -0.39 is 0 Å².